The van der Waals surface area contributed by atoms with Gasteiger partial charge in [0.25, 0.3) is 0 Å². The Morgan fingerprint density at radius 3 is 2.77 bits per heavy atom. The standard InChI is InChI=1S/C31H24F3N3O5S/c1-31(11-13-41-27-16(6-9-23(38)39)4-3-5-20(27)31)22-15-36-30(37-22)19-14-17(7-8-21(19)32)42-28-25(34)24(33)26-18(10-12-35-26)29(28)43(2)40/h3-10,12,14-15,35H,11,13H2,1-2H3,(H,36,37)(H,38,39)/b9-6+. The number of nitrogens with zero attached hydrogens (tertiary/aromatic N) is 1. The van der Waals surface area contributed by atoms with Gasteiger partial charge >= 0.3 is 5.97 Å². The molecule has 3 N–H and O–H groups in total. The molecule has 1 aliphatic rings. The minimum atomic E-state index is -1.75. The highest BCUT2D eigenvalue weighted by molar-refractivity contribution is 7.91. The van der Waals surface area contributed by atoms with Gasteiger partial charge in [0.1, 0.15) is 29.4 Å². The van der Waals surface area contributed by atoms with Crippen LogP contribution in [0.25, 0.3) is 28.4 Å². The third-order valence-corrected chi connectivity index (χ3v) is 8.53. The first-order valence-corrected chi connectivity index (χ1v) is 14.7. The van der Waals surface area contributed by atoms with E-state index in [-0.39, 0.29) is 32.9 Å². The molecule has 1 aliphatic heterocycles. The second-order valence-electron chi connectivity index (χ2n) is 10.2. The number of hydrogen-bond acceptors (Lipinski definition) is 5. The average Bonchev–Trinajstić information content (AvgIpc) is 3.67. The fraction of sp³-hybridized carbons (Fsp3) is 0.161. The van der Waals surface area contributed by atoms with Crippen molar-refractivity contribution in [3.05, 3.63) is 95.2 Å². The summed E-state index contributed by atoms with van der Waals surface area (Å²) in [5.74, 6) is -4.10. The number of ether oxygens (including phenoxy) is 2. The number of aliphatic carboxylic acids is 1. The van der Waals surface area contributed by atoms with E-state index in [4.69, 9.17) is 19.6 Å². The minimum Gasteiger partial charge on any atom is -0.612 e. The number of hydrogen-bond donors (Lipinski definition) is 3. The van der Waals surface area contributed by atoms with Gasteiger partial charge in [-0.25, -0.2) is 18.6 Å². The summed E-state index contributed by atoms with van der Waals surface area (Å²) in [5.41, 5.74) is 1.21. The van der Waals surface area contributed by atoms with Crippen molar-refractivity contribution >= 4 is 34.1 Å². The number of fused-ring (bicyclic) bond motifs is 2. The molecule has 6 rings (SSSR count). The predicted molar refractivity (Wildman–Crippen MR) is 154 cm³/mol. The number of aromatic amines is 2. The summed E-state index contributed by atoms with van der Waals surface area (Å²) < 4.78 is 69.2. The maximum Gasteiger partial charge on any atom is 0.328 e. The molecule has 0 saturated heterocycles. The van der Waals surface area contributed by atoms with Crippen molar-refractivity contribution in [2.24, 2.45) is 0 Å². The molecule has 3 aromatic carbocycles. The third kappa shape index (κ3) is 4.92. The smallest absolute Gasteiger partial charge is 0.328 e. The lowest BCUT2D eigenvalue weighted by Crippen LogP contribution is -2.31. The van der Waals surface area contributed by atoms with Gasteiger partial charge in [0.2, 0.25) is 16.5 Å². The number of imidazole rings is 1. The lowest BCUT2D eigenvalue weighted by molar-refractivity contribution is -0.131. The second kappa shape index (κ2) is 10.9. The van der Waals surface area contributed by atoms with Crippen LogP contribution in [-0.4, -0.2) is 43.4 Å². The summed E-state index contributed by atoms with van der Waals surface area (Å²) >= 11 is -1.75. The van der Waals surface area contributed by atoms with E-state index in [9.17, 15) is 13.7 Å². The zero-order valence-electron chi connectivity index (χ0n) is 22.8. The van der Waals surface area contributed by atoms with Crippen LogP contribution in [0.1, 0.15) is 30.2 Å². The molecule has 0 fully saturated rings. The first kappa shape index (κ1) is 28.4. The van der Waals surface area contributed by atoms with Gasteiger partial charge in [0.05, 0.1) is 28.8 Å². The molecule has 220 valence electrons. The molecule has 0 radical (unpaired) electrons. The molecule has 0 saturated carbocycles. The van der Waals surface area contributed by atoms with Gasteiger partial charge in [-0.3, -0.25) is 0 Å². The average molecular weight is 608 g/mol. The van der Waals surface area contributed by atoms with Crippen LogP contribution in [0.2, 0.25) is 0 Å². The summed E-state index contributed by atoms with van der Waals surface area (Å²) in [6, 6.07) is 10.6. The second-order valence-corrected chi connectivity index (χ2v) is 11.5. The number of aromatic nitrogens is 3. The minimum absolute atomic E-state index is 0.0144. The fourth-order valence-corrected chi connectivity index (χ4v) is 6.23. The molecule has 0 bridgehead atoms. The van der Waals surface area contributed by atoms with Crippen molar-refractivity contribution in [1.82, 2.24) is 15.0 Å². The van der Waals surface area contributed by atoms with Crippen molar-refractivity contribution in [3.63, 3.8) is 0 Å². The van der Waals surface area contributed by atoms with Gasteiger partial charge in [-0.1, -0.05) is 18.2 Å². The Labute approximate surface area is 246 Å². The number of nitrogens with one attached hydrogen (secondary N) is 2. The number of para-hydroxylation sites is 1. The normalized spacial score (nSPS) is 17.2. The zero-order valence-corrected chi connectivity index (χ0v) is 23.7. The van der Waals surface area contributed by atoms with Gasteiger partial charge < -0.3 is 29.1 Å². The maximum absolute atomic E-state index is 15.1. The summed E-state index contributed by atoms with van der Waals surface area (Å²) in [5, 5.41) is 9.27. The molecule has 43 heavy (non-hydrogen) atoms. The highest BCUT2D eigenvalue weighted by Gasteiger charge is 2.38. The largest absolute Gasteiger partial charge is 0.612 e. The Kier molecular flexibility index (Phi) is 7.18. The van der Waals surface area contributed by atoms with Crippen LogP contribution in [0.5, 0.6) is 17.2 Å². The Hall–Kier alpha value is -4.68. The molecule has 3 heterocycles. The van der Waals surface area contributed by atoms with Crippen LogP contribution in [-0.2, 0) is 21.4 Å². The highest BCUT2D eigenvalue weighted by Crippen LogP contribution is 2.45. The molecule has 2 atom stereocenters. The molecular formula is C31H24F3N3O5S. The Morgan fingerprint density at radius 2 is 2.00 bits per heavy atom. The fourth-order valence-electron chi connectivity index (χ4n) is 5.36. The maximum atomic E-state index is 15.1. The Balaban J connectivity index is 1.37. The van der Waals surface area contributed by atoms with Crippen LogP contribution >= 0.6 is 0 Å². The quantitative estimate of drug-likeness (QED) is 0.140. The van der Waals surface area contributed by atoms with Gasteiger partial charge in [-0.2, -0.15) is 4.39 Å². The first-order valence-electron chi connectivity index (χ1n) is 13.1. The van der Waals surface area contributed by atoms with E-state index in [1.165, 1.54) is 36.7 Å². The molecule has 2 aromatic heterocycles. The van der Waals surface area contributed by atoms with E-state index >= 15 is 8.78 Å². The molecule has 2 unspecified atom stereocenters. The predicted octanol–water partition coefficient (Wildman–Crippen LogP) is 6.69. The molecule has 0 amide bonds. The number of H-pyrrole nitrogens is 2. The summed E-state index contributed by atoms with van der Waals surface area (Å²) in [6.07, 6.45) is 7.43. The third-order valence-electron chi connectivity index (χ3n) is 7.55. The summed E-state index contributed by atoms with van der Waals surface area (Å²) in [4.78, 5) is 21.3. The van der Waals surface area contributed by atoms with Crippen LogP contribution in [0.3, 0.4) is 0 Å². The van der Waals surface area contributed by atoms with E-state index in [0.717, 1.165) is 17.7 Å². The Bertz CT molecular complexity index is 1920. The highest BCUT2D eigenvalue weighted by atomic mass is 32.2. The lowest BCUT2D eigenvalue weighted by Gasteiger charge is -2.35. The van der Waals surface area contributed by atoms with Gasteiger partial charge in [0.15, 0.2) is 5.82 Å². The van der Waals surface area contributed by atoms with Crippen molar-refractivity contribution in [2.75, 3.05) is 12.9 Å². The lowest BCUT2D eigenvalue weighted by atomic mass is 9.75. The number of carboxylic acids is 1. The van der Waals surface area contributed by atoms with Gasteiger partial charge in [-0.05, 0) is 54.9 Å². The van der Waals surface area contributed by atoms with E-state index in [0.29, 0.717) is 30.0 Å². The van der Waals surface area contributed by atoms with Crippen molar-refractivity contribution in [1.29, 1.82) is 0 Å². The number of carbonyl (C=O) groups is 1. The topological polar surface area (TPSA) is 123 Å². The number of benzene rings is 3. The molecular weight excluding hydrogens is 583 g/mol. The monoisotopic (exact) mass is 607 g/mol. The Morgan fingerprint density at radius 1 is 1.19 bits per heavy atom. The van der Waals surface area contributed by atoms with Crippen LogP contribution < -0.4 is 9.47 Å². The van der Waals surface area contributed by atoms with E-state index in [1.807, 2.05) is 13.0 Å². The number of halogens is 3. The molecule has 8 nitrogen and oxygen atoms in total. The van der Waals surface area contributed by atoms with Crippen molar-refractivity contribution in [2.45, 2.75) is 23.7 Å². The van der Waals surface area contributed by atoms with Crippen molar-refractivity contribution in [3.8, 4) is 28.6 Å². The summed E-state index contributed by atoms with van der Waals surface area (Å²) in [7, 11) is 0. The first-order chi connectivity index (χ1) is 20.6. The van der Waals surface area contributed by atoms with E-state index in [1.54, 1.807) is 18.3 Å². The molecule has 5 aromatic rings. The van der Waals surface area contributed by atoms with Crippen LogP contribution in [0.15, 0.2) is 65.8 Å². The van der Waals surface area contributed by atoms with Crippen molar-refractivity contribution < 1.29 is 37.1 Å². The van der Waals surface area contributed by atoms with Crippen LogP contribution in [0.4, 0.5) is 13.2 Å². The van der Waals surface area contributed by atoms with E-state index in [2.05, 4.69) is 9.97 Å². The molecule has 0 spiro atoms. The van der Waals surface area contributed by atoms with Gasteiger partial charge in [-0.15, -0.1) is 0 Å². The molecule has 0 aliphatic carbocycles. The summed E-state index contributed by atoms with van der Waals surface area (Å²) in [6.45, 7) is 2.31. The van der Waals surface area contributed by atoms with Gasteiger partial charge in [0, 0.05) is 35.0 Å². The molecule has 12 heteroatoms. The van der Waals surface area contributed by atoms with Crippen LogP contribution in [0, 0.1) is 17.5 Å². The van der Waals surface area contributed by atoms with E-state index < -0.39 is 45.8 Å². The number of rotatable bonds is 7. The number of carboxylic acid groups (broad SMARTS) is 1. The SMILES string of the molecule is C[S+]([O-])c1c(Oc2ccc(F)c(-c3nc(C4(C)CCOc5c(/C=C/C(=O)O)cccc54)c[nH]3)c2)c(F)c(F)c2[nH]ccc12. The zero-order chi connectivity index (χ0) is 30.5.